The topological polar surface area (TPSA) is 57.5 Å². The maximum atomic E-state index is 8.74. The maximum absolute atomic E-state index is 8.74. The third kappa shape index (κ3) is 16700. The molecule has 0 rings (SSSR count). The molecule has 0 heterocycles. The van der Waals surface area contributed by atoms with Crippen molar-refractivity contribution in [1.82, 2.24) is 0 Å². The molecule has 0 aromatic carbocycles. The van der Waals surface area contributed by atoms with Crippen molar-refractivity contribution in [2.24, 2.45) is 0 Å². The molecule has 0 fully saturated rings. The molecule has 0 unspecified atom stereocenters. The molecule has 0 radical (unpaired) electrons. The van der Waals surface area contributed by atoms with Crippen LogP contribution in [0.15, 0.2) is 0 Å². The average molecular weight is 100 g/mol. The van der Waals surface area contributed by atoms with E-state index >= 15 is 0 Å². The van der Waals surface area contributed by atoms with Crippen LogP contribution in [0.4, 0.5) is 0 Å². The van der Waals surface area contributed by atoms with Gasteiger partial charge in [-0.05, 0) is 0 Å². The normalized spacial score (nSPS) is 4.00. The quantitative estimate of drug-likeness (QED) is 0.349. The van der Waals surface area contributed by atoms with Crippen LogP contribution in [0, 0.1) is 0 Å². The summed E-state index contributed by atoms with van der Waals surface area (Å²) < 4.78 is 8.74. The van der Waals surface area contributed by atoms with Crippen LogP contribution >= 0.6 is 0 Å². The van der Waals surface area contributed by atoms with E-state index in [0.717, 1.165) is 0 Å². The first-order chi connectivity index (χ1) is 1.73. The van der Waals surface area contributed by atoms with E-state index in [2.05, 4.69) is 0 Å². The van der Waals surface area contributed by atoms with E-state index in [1.165, 1.54) is 0 Å². The fraction of sp³-hybridized carbons (Fsp3) is 0. The molecule has 32 valence electrons. The Balaban J connectivity index is -0.00000000300. The Morgan fingerprint density at radius 3 is 1.33 bits per heavy atom. The maximum Gasteiger partial charge on any atom is 2.00 e. The van der Waals surface area contributed by atoms with Gasteiger partial charge in [0.05, 0.1) is 0 Å². The molecule has 0 bridgehead atoms. The second kappa shape index (κ2) is 8.88. The molecule has 0 aliphatic rings. The van der Waals surface area contributed by atoms with Crippen LogP contribution in [0.3, 0.4) is 0 Å². The van der Waals surface area contributed by atoms with Crippen LogP contribution in [0.2, 0.25) is 0 Å². The first kappa shape index (κ1) is 16.7. The van der Waals surface area contributed by atoms with E-state index in [4.69, 9.17) is 14.1 Å². The van der Waals surface area contributed by atoms with Crippen molar-refractivity contribution in [3.63, 3.8) is 0 Å². The van der Waals surface area contributed by atoms with E-state index in [-0.39, 0.29) is 25.9 Å². The smallest absolute Gasteiger partial charge is 1.00 e. The Morgan fingerprint density at radius 2 is 1.33 bits per heavy atom. The van der Waals surface area contributed by atoms with Gasteiger partial charge in [-0.1, -0.05) is 0 Å². The minimum Gasteiger partial charge on any atom is -1.00 e. The van der Waals surface area contributed by atoms with E-state index in [9.17, 15) is 0 Å². The fourth-order valence-electron chi connectivity index (χ4n) is 0. The van der Waals surface area contributed by atoms with Crippen molar-refractivity contribution in [2.75, 3.05) is 0 Å². The second-order valence-corrected chi connectivity index (χ2v) is 0.848. The zero-order chi connectivity index (χ0) is 3.58. The van der Waals surface area contributed by atoms with Gasteiger partial charge in [-0.3, -0.25) is 4.46 Å². The van der Waals surface area contributed by atoms with Crippen molar-refractivity contribution < 1.29 is 19.8 Å². The van der Waals surface area contributed by atoms with Crippen LogP contribution in [0.5, 0.6) is 0 Å². The van der Waals surface area contributed by atoms with Crippen LogP contribution in [0.1, 0.15) is 5.71 Å². The Kier molecular flexibility index (Phi) is 24.8. The monoisotopic (exact) mass is 100 g/mol. The summed E-state index contributed by atoms with van der Waals surface area (Å²) in [4.78, 5) is 14.3. The fourth-order valence-corrected chi connectivity index (χ4v) is 0. The third-order valence-electron chi connectivity index (χ3n) is 0. The van der Waals surface area contributed by atoms with E-state index < -0.39 is 9.17 Å². The van der Waals surface area contributed by atoms with Crippen molar-refractivity contribution in [3.8, 4) is 0 Å². The third-order valence-corrected chi connectivity index (χ3v) is 0. The summed E-state index contributed by atoms with van der Waals surface area (Å²) in [6.45, 7) is 0. The van der Waals surface area contributed by atoms with Gasteiger partial charge in [-0.25, -0.2) is 0 Å². The number of hydrogen-bond donors (Lipinski definition) is 2. The van der Waals surface area contributed by atoms with Crippen molar-refractivity contribution in [2.45, 2.75) is 0 Å². The summed E-state index contributed by atoms with van der Waals surface area (Å²) >= 11 is 0. The van der Waals surface area contributed by atoms with Gasteiger partial charge in [0.2, 0.25) is 0 Å². The molecule has 0 spiro atoms. The second-order valence-electron chi connectivity index (χ2n) is 0.283. The van der Waals surface area contributed by atoms with Crippen LogP contribution in [-0.2, 0) is 4.46 Å². The number of rotatable bonds is 0. The minimum atomic E-state index is -3.13. The Morgan fingerprint density at radius 1 is 1.33 bits per heavy atom. The van der Waals surface area contributed by atoms with Crippen LogP contribution in [0.25, 0.3) is 0 Å². The van der Waals surface area contributed by atoms with E-state index in [1.54, 1.807) is 0 Å². The summed E-state index contributed by atoms with van der Waals surface area (Å²) in [5, 5.41) is 0. The molecule has 3 nitrogen and oxygen atoms in total. The molecular formula is H6Be2O3Si. The summed E-state index contributed by atoms with van der Waals surface area (Å²) in [6.07, 6.45) is 0. The van der Waals surface area contributed by atoms with Gasteiger partial charge in [0.15, 0.2) is 0 Å². The van der Waals surface area contributed by atoms with Gasteiger partial charge in [0.1, 0.15) is 0 Å². The Bertz CT molecular complexity index is 41.5. The molecule has 0 saturated heterocycles. The van der Waals surface area contributed by atoms with Gasteiger partial charge < -0.3 is 15.3 Å². The summed E-state index contributed by atoms with van der Waals surface area (Å²) in [5.74, 6) is 0. The predicted molar refractivity (Wildman–Crippen MR) is 26.8 cm³/mol. The van der Waals surface area contributed by atoms with E-state index in [0.29, 0.717) is 0 Å². The largest absolute Gasteiger partial charge is 2.00 e. The standard InChI is InChI=1S/2Be.H2O3Si.4H/c;;1-4(2)3;;;;/h;;1-2H;;;;/q2*+2;;4*-1. The molecule has 0 aromatic rings. The Hall–Kier alpha value is -0.0455. The van der Waals surface area contributed by atoms with Crippen molar-refractivity contribution >= 4 is 29.4 Å². The SMILES string of the molecule is O=[Si](O)O.[Be+2].[Be+2].[H-].[H-].[H-].[H-]. The average Bonchev–Trinajstić information content (AvgIpc) is 0.811. The number of hydrogen-bond acceptors (Lipinski definition) is 1. The predicted octanol–water partition coefficient (Wildman–Crippen LogP) is -1.93. The molecule has 0 aliphatic carbocycles. The summed E-state index contributed by atoms with van der Waals surface area (Å²) in [5.41, 5.74) is 0. The zero-order valence-corrected chi connectivity index (χ0v) is 4.22. The van der Waals surface area contributed by atoms with Crippen molar-refractivity contribution in [1.29, 1.82) is 0 Å². The molecule has 0 amide bonds. The molecule has 6 heteroatoms. The first-order valence-corrected chi connectivity index (χ1v) is 1.95. The van der Waals surface area contributed by atoms with E-state index in [1.807, 2.05) is 0 Å². The molecule has 0 atom stereocenters. The van der Waals surface area contributed by atoms with Crippen molar-refractivity contribution in [3.05, 3.63) is 0 Å². The summed E-state index contributed by atoms with van der Waals surface area (Å²) in [6, 6.07) is 0. The molecular weight excluding hydrogens is 94.1 g/mol. The van der Waals surface area contributed by atoms with Crippen LogP contribution < -0.4 is 0 Å². The summed E-state index contributed by atoms with van der Waals surface area (Å²) in [7, 11) is -3.13. The molecule has 0 saturated carbocycles. The van der Waals surface area contributed by atoms with Crippen LogP contribution in [-0.4, -0.2) is 39.0 Å². The van der Waals surface area contributed by atoms with Gasteiger partial charge in [0.25, 0.3) is 0 Å². The first-order valence-electron chi connectivity index (χ1n) is 0.651. The van der Waals surface area contributed by atoms with Gasteiger partial charge >= 0.3 is 29.4 Å². The zero-order valence-electron chi connectivity index (χ0n) is 7.22. The molecule has 6 heavy (non-hydrogen) atoms. The minimum absolute atomic E-state index is 0. The van der Waals surface area contributed by atoms with Gasteiger partial charge in [-0.15, -0.1) is 0 Å². The van der Waals surface area contributed by atoms with Gasteiger partial charge in [-0.2, -0.15) is 0 Å². The molecule has 0 aromatic heterocycles. The molecule has 0 aliphatic heterocycles. The van der Waals surface area contributed by atoms with Gasteiger partial charge in [0, 0.05) is 0 Å². The Labute approximate surface area is 50.3 Å². The molecule has 2 N–H and O–H groups in total.